The number of rotatable bonds is 4. The van der Waals surface area contributed by atoms with E-state index < -0.39 is 6.10 Å². The smallest absolute Gasteiger partial charge is 0.113 e. The molecule has 1 atom stereocenters. The summed E-state index contributed by atoms with van der Waals surface area (Å²) in [6, 6.07) is 0. The summed E-state index contributed by atoms with van der Waals surface area (Å²) in [6.07, 6.45) is 2.88. The van der Waals surface area contributed by atoms with Gasteiger partial charge in [-0.05, 0) is 19.9 Å². The normalized spacial score (nSPS) is 13.5. The van der Waals surface area contributed by atoms with E-state index in [4.69, 9.17) is 9.84 Å². The quantitative estimate of drug-likeness (QED) is 0.476. The molecule has 0 bridgehead atoms. The van der Waals surface area contributed by atoms with Gasteiger partial charge in [-0.25, -0.2) is 0 Å². The predicted molar refractivity (Wildman–Crippen MR) is 41.6 cm³/mol. The van der Waals surface area contributed by atoms with Crippen LogP contribution >= 0.6 is 0 Å². The third-order valence-electron chi connectivity index (χ3n) is 0.786. The van der Waals surface area contributed by atoms with E-state index in [1.807, 2.05) is 6.92 Å². The van der Waals surface area contributed by atoms with Crippen molar-refractivity contribution in [3.8, 4) is 0 Å². The van der Waals surface area contributed by atoms with Crippen molar-refractivity contribution in [2.45, 2.75) is 20.0 Å². The summed E-state index contributed by atoms with van der Waals surface area (Å²) in [6.45, 7) is 7.53. The molecule has 0 fully saturated rings. The molecule has 10 heavy (non-hydrogen) atoms. The topological polar surface area (TPSA) is 29.5 Å². The number of allylic oxidation sites excluding steroid dienone is 2. The second kappa shape index (κ2) is 5.06. The Hall–Kier alpha value is -0.760. The fraction of sp³-hybridized carbons (Fsp3) is 0.500. The van der Waals surface area contributed by atoms with Gasteiger partial charge < -0.3 is 9.84 Å². The summed E-state index contributed by atoms with van der Waals surface area (Å²) < 4.78 is 4.91. The molecule has 0 aliphatic rings. The summed E-state index contributed by atoms with van der Waals surface area (Å²) in [5.74, 6) is 0. The monoisotopic (exact) mass is 142 g/mol. The molecule has 0 radical (unpaired) electrons. The SMILES string of the molecule is C=C(C)C=COCC(C)O. The Labute approximate surface area is 61.8 Å². The molecule has 0 aromatic heterocycles. The van der Waals surface area contributed by atoms with Crippen molar-refractivity contribution < 1.29 is 9.84 Å². The van der Waals surface area contributed by atoms with Crippen LogP contribution in [0.5, 0.6) is 0 Å². The van der Waals surface area contributed by atoms with Gasteiger partial charge >= 0.3 is 0 Å². The average Bonchev–Trinajstić information content (AvgIpc) is 1.79. The predicted octanol–water partition coefficient (Wildman–Crippen LogP) is 1.47. The molecule has 0 heterocycles. The standard InChI is InChI=1S/C8H14O2/c1-7(2)4-5-10-6-8(3)9/h4-5,8-9H,1,6H2,2-3H3. The van der Waals surface area contributed by atoms with E-state index in [0.29, 0.717) is 6.61 Å². The molecule has 0 aliphatic heterocycles. The Morgan fingerprint density at radius 3 is 2.80 bits per heavy atom. The first-order valence-corrected chi connectivity index (χ1v) is 3.24. The minimum atomic E-state index is -0.408. The highest BCUT2D eigenvalue weighted by molar-refractivity contribution is 5.08. The van der Waals surface area contributed by atoms with Crippen LogP contribution in [0, 0.1) is 0 Å². The van der Waals surface area contributed by atoms with E-state index in [0.717, 1.165) is 5.57 Å². The minimum Gasteiger partial charge on any atom is -0.499 e. The van der Waals surface area contributed by atoms with E-state index >= 15 is 0 Å². The van der Waals surface area contributed by atoms with Crippen LogP contribution in [0.3, 0.4) is 0 Å². The van der Waals surface area contributed by atoms with Gasteiger partial charge in [-0.2, -0.15) is 0 Å². The van der Waals surface area contributed by atoms with Gasteiger partial charge in [0.05, 0.1) is 12.4 Å². The molecule has 0 aliphatic carbocycles. The molecule has 0 spiro atoms. The Morgan fingerprint density at radius 2 is 2.40 bits per heavy atom. The van der Waals surface area contributed by atoms with Crippen molar-refractivity contribution in [3.63, 3.8) is 0 Å². The number of aliphatic hydroxyl groups is 1. The molecule has 0 saturated carbocycles. The fourth-order valence-electron chi connectivity index (χ4n) is 0.359. The Bertz CT molecular complexity index is 125. The van der Waals surface area contributed by atoms with Crippen molar-refractivity contribution in [2.75, 3.05) is 6.61 Å². The van der Waals surface area contributed by atoms with Gasteiger partial charge in [-0.3, -0.25) is 0 Å². The maximum Gasteiger partial charge on any atom is 0.113 e. The maximum absolute atomic E-state index is 8.74. The number of aliphatic hydroxyl groups excluding tert-OH is 1. The molecule has 2 heteroatoms. The zero-order valence-electron chi connectivity index (χ0n) is 6.50. The van der Waals surface area contributed by atoms with Crippen molar-refractivity contribution in [1.29, 1.82) is 0 Å². The van der Waals surface area contributed by atoms with Gasteiger partial charge in [0.15, 0.2) is 0 Å². The lowest BCUT2D eigenvalue weighted by Gasteiger charge is -2.01. The molecule has 1 N–H and O–H groups in total. The van der Waals surface area contributed by atoms with Crippen LogP contribution in [0.15, 0.2) is 24.5 Å². The van der Waals surface area contributed by atoms with Gasteiger partial charge in [-0.1, -0.05) is 12.2 Å². The lowest BCUT2D eigenvalue weighted by molar-refractivity contribution is 0.0976. The molecule has 0 aromatic carbocycles. The molecule has 58 valence electrons. The molecule has 0 aromatic rings. The summed E-state index contributed by atoms with van der Waals surface area (Å²) in [5.41, 5.74) is 0.936. The summed E-state index contributed by atoms with van der Waals surface area (Å²) in [4.78, 5) is 0. The highest BCUT2D eigenvalue weighted by Crippen LogP contribution is 1.90. The largest absolute Gasteiger partial charge is 0.499 e. The lowest BCUT2D eigenvalue weighted by atomic mass is 10.3. The Balaban J connectivity index is 3.27. The molecular formula is C8H14O2. The third-order valence-corrected chi connectivity index (χ3v) is 0.786. The van der Waals surface area contributed by atoms with E-state index in [-0.39, 0.29) is 0 Å². The fourth-order valence-corrected chi connectivity index (χ4v) is 0.359. The zero-order chi connectivity index (χ0) is 7.98. The lowest BCUT2D eigenvalue weighted by Crippen LogP contribution is -2.06. The maximum atomic E-state index is 8.74. The van der Waals surface area contributed by atoms with Crippen LogP contribution < -0.4 is 0 Å². The van der Waals surface area contributed by atoms with E-state index in [9.17, 15) is 0 Å². The Morgan fingerprint density at radius 1 is 1.80 bits per heavy atom. The molecule has 2 nitrogen and oxygen atoms in total. The minimum absolute atomic E-state index is 0.337. The second-order valence-corrected chi connectivity index (χ2v) is 2.33. The van der Waals surface area contributed by atoms with Gasteiger partial charge in [0, 0.05) is 0 Å². The summed E-state index contributed by atoms with van der Waals surface area (Å²) >= 11 is 0. The number of hydrogen-bond donors (Lipinski definition) is 1. The molecule has 0 rings (SSSR count). The van der Waals surface area contributed by atoms with Crippen molar-refractivity contribution in [1.82, 2.24) is 0 Å². The Kier molecular flexibility index (Phi) is 4.67. The van der Waals surface area contributed by atoms with Gasteiger partial charge in [-0.15, -0.1) is 0 Å². The van der Waals surface area contributed by atoms with Crippen LogP contribution in [0.2, 0.25) is 0 Å². The van der Waals surface area contributed by atoms with Crippen LogP contribution in [0.1, 0.15) is 13.8 Å². The molecule has 0 amide bonds. The van der Waals surface area contributed by atoms with Crippen molar-refractivity contribution in [2.24, 2.45) is 0 Å². The van der Waals surface area contributed by atoms with E-state index in [1.54, 1.807) is 13.0 Å². The first-order chi connectivity index (χ1) is 4.63. The first kappa shape index (κ1) is 9.24. The second-order valence-electron chi connectivity index (χ2n) is 2.33. The third kappa shape index (κ3) is 7.24. The van der Waals surface area contributed by atoms with Crippen LogP contribution in [0.25, 0.3) is 0 Å². The average molecular weight is 142 g/mol. The molecule has 1 unspecified atom stereocenters. The van der Waals surface area contributed by atoms with E-state index in [1.165, 1.54) is 6.26 Å². The van der Waals surface area contributed by atoms with Gasteiger partial charge in [0.1, 0.15) is 6.61 Å². The number of hydrogen-bond acceptors (Lipinski definition) is 2. The van der Waals surface area contributed by atoms with E-state index in [2.05, 4.69) is 6.58 Å². The zero-order valence-corrected chi connectivity index (χ0v) is 6.50. The summed E-state index contributed by atoms with van der Waals surface area (Å²) in [7, 11) is 0. The molecule has 0 saturated heterocycles. The van der Waals surface area contributed by atoms with Crippen LogP contribution in [0.4, 0.5) is 0 Å². The molecular weight excluding hydrogens is 128 g/mol. The first-order valence-electron chi connectivity index (χ1n) is 3.24. The van der Waals surface area contributed by atoms with Crippen LogP contribution in [-0.4, -0.2) is 17.8 Å². The highest BCUT2D eigenvalue weighted by atomic mass is 16.5. The van der Waals surface area contributed by atoms with Crippen LogP contribution in [-0.2, 0) is 4.74 Å². The number of ether oxygens (including phenoxy) is 1. The van der Waals surface area contributed by atoms with Gasteiger partial charge in [0.25, 0.3) is 0 Å². The summed E-state index contributed by atoms with van der Waals surface area (Å²) in [5, 5.41) is 8.74. The van der Waals surface area contributed by atoms with Crippen molar-refractivity contribution in [3.05, 3.63) is 24.5 Å². The van der Waals surface area contributed by atoms with Gasteiger partial charge in [0.2, 0.25) is 0 Å². The van der Waals surface area contributed by atoms with Crippen molar-refractivity contribution >= 4 is 0 Å². The highest BCUT2D eigenvalue weighted by Gasteiger charge is 1.90.